The minimum Gasteiger partial charge on any atom is -0.424 e. The van der Waals surface area contributed by atoms with Crippen molar-refractivity contribution in [1.82, 2.24) is 19.7 Å². The number of aryl methyl sites for hydroxylation is 1. The maximum Gasteiger partial charge on any atom is 0.340 e. The van der Waals surface area contributed by atoms with Gasteiger partial charge in [0, 0.05) is 41.8 Å². The van der Waals surface area contributed by atoms with Crippen LogP contribution in [0.15, 0.2) is 52.1 Å². The Hall–Kier alpha value is -3.57. The highest BCUT2D eigenvalue weighted by Gasteiger charge is 2.17. The summed E-state index contributed by atoms with van der Waals surface area (Å²) in [5.74, 6) is -0.747. The molecule has 0 spiro atoms. The molecule has 3 aromatic heterocycles. The van der Waals surface area contributed by atoms with Crippen molar-refractivity contribution in [1.29, 1.82) is 0 Å². The van der Waals surface area contributed by atoms with Crippen LogP contribution in [0.5, 0.6) is 11.8 Å². The van der Waals surface area contributed by atoms with Crippen molar-refractivity contribution in [2.24, 2.45) is 0 Å². The molecule has 1 aromatic carbocycles. The van der Waals surface area contributed by atoms with Gasteiger partial charge in [0.05, 0.1) is 12.4 Å². The third kappa shape index (κ3) is 4.53. The first-order valence-electron chi connectivity index (χ1n) is 9.40. The van der Waals surface area contributed by atoms with Crippen LogP contribution in [-0.4, -0.2) is 22.0 Å². The summed E-state index contributed by atoms with van der Waals surface area (Å²) in [5.41, 5.74) is 1.02. The van der Waals surface area contributed by atoms with Gasteiger partial charge in [-0.3, -0.25) is 4.72 Å². The van der Waals surface area contributed by atoms with Gasteiger partial charge in [-0.15, -0.1) is 0 Å². The van der Waals surface area contributed by atoms with Crippen LogP contribution in [0, 0.1) is 18.6 Å². The van der Waals surface area contributed by atoms with Gasteiger partial charge in [0.25, 0.3) is 0 Å². The number of aromatic nitrogens is 3. The molecule has 0 bridgehead atoms. The van der Waals surface area contributed by atoms with E-state index in [9.17, 15) is 13.6 Å². The highest BCUT2D eigenvalue weighted by Crippen LogP contribution is 2.28. The maximum atomic E-state index is 14.8. The lowest BCUT2D eigenvalue weighted by atomic mass is 10.00. The van der Waals surface area contributed by atoms with E-state index in [1.54, 1.807) is 26.1 Å². The van der Waals surface area contributed by atoms with E-state index in [1.165, 1.54) is 18.3 Å². The molecular weight excluding hydrogens is 440 g/mol. The van der Waals surface area contributed by atoms with Gasteiger partial charge in [0.1, 0.15) is 11.3 Å². The number of benzene rings is 1. The van der Waals surface area contributed by atoms with Gasteiger partial charge in [-0.25, -0.2) is 33.2 Å². The third-order valence-corrected chi connectivity index (χ3v) is 5.15. The monoisotopic (exact) mass is 457 g/mol. The smallest absolute Gasteiger partial charge is 0.340 e. The number of fused-ring (bicyclic) bond motifs is 1. The minimum atomic E-state index is -0.584. The minimum absolute atomic E-state index is 0.0407. The van der Waals surface area contributed by atoms with Crippen LogP contribution < -0.4 is 19.8 Å². The first kappa shape index (κ1) is 21.7. The van der Waals surface area contributed by atoms with Gasteiger partial charge in [0.15, 0.2) is 17.5 Å². The Morgan fingerprint density at radius 2 is 1.94 bits per heavy atom. The number of pyridine rings is 1. The molecule has 0 fully saturated rings. The van der Waals surface area contributed by atoms with Gasteiger partial charge in [-0.1, -0.05) is 0 Å². The fourth-order valence-electron chi connectivity index (χ4n) is 3.08. The van der Waals surface area contributed by atoms with Crippen molar-refractivity contribution in [3.05, 3.63) is 81.6 Å². The number of nitrogens with one attached hydrogen (secondary N) is 2. The van der Waals surface area contributed by atoms with E-state index in [4.69, 9.17) is 9.15 Å². The Morgan fingerprint density at radius 3 is 2.69 bits per heavy atom. The first-order chi connectivity index (χ1) is 15.5. The average Bonchev–Trinajstić information content (AvgIpc) is 2.78. The summed E-state index contributed by atoms with van der Waals surface area (Å²) in [6, 6.07) is 6.36. The SMILES string of the molecule is CNSNc1nccc(Cc2c(C)c3ccc(Oc4ncc(F)cn4)cc3oc2=O)c1F. The summed E-state index contributed by atoms with van der Waals surface area (Å²) >= 11 is 1.08. The largest absolute Gasteiger partial charge is 0.424 e. The molecule has 0 saturated carbocycles. The summed E-state index contributed by atoms with van der Waals surface area (Å²) in [6.45, 7) is 1.77. The summed E-state index contributed by atoms with van der Waals surface area (Å²) in [5, 5.41) is 0.672. The molecule has 0 radical (unpaired) electrons. The van der Waals surface area contributed by atoms with Crippen molar-refractivity contribution >= 4 is 28.9 Å². The zero-order valence-electron chi connectivity index (χ0n) is 17.0. The second-order valence-corrected chi connectivity index (χ2v) is 7.47. The predicted molar refractivity (Wildman–Crippen MR) is 117 cm³/mol. The number of halogens is 2. The van der Waals surface area contributed by atoms with Crippen LogP contribution in [0.2, 0.25) is 0 Å². The number of ether oxygens (including phenoxy) is 1. The molecule has 0 aliphatic rings. The van der Waals surface area contributed by atoms with Gasteiger partial charge < -0.3 is 9.15 Å². The Balaban J connectivity index is 1.65. The molecule has 0 aliphatic carbocycles. The van der Waals surface area contributed by atoms with Crippen molar-refractivity contribution < 1.29 is 17.9 Å². The van der Waals surface area contributed by atoms with Crippen molar-refractivity contribution in [3.8, 4) is 11.8 Å². The number of rotatable bonds is 7. The van der Waals surface area contributed by atoms with Crippen LogP contribution in [0.25, 0.3) is 11.0 Å². The number of nitrogens with zero attached hydrogens (tertiary/aromatic N) is 3. The molecule has 4 aromatic rings. The van der Waals surface area contributed by atoms with E-state index in [2.05, 4.69) is 24.4 Å². The molecule has 8 nitrogen and oxygen atoms in total. The zero-order chi connectivity index (χ0) is 22.7. The van der Waals surface area contributed by atoms with E-state index >= 15 is 0 Å². The summed E-state index contributed by atoms with van der Waals surface area (Å²) in [4.78, 5) is 24.1. The summed E-state index contributed by atoms with van der Waals surface area (Å²) in [7, 11) is 1.69. The van der Waals surface area contributed by atoms with E-state index in [0.29, 0.717) is 33.4 Å². The highest BCUT2D eigenvalue weighted by atomic mass is 32.2. The van der Waals surface area contributed by atoms with E-state index < -0.39 is 17.3 Å². The third-order valence-electron chi connectivity index (χ3n) is 4.65. The molecule has 3 heterocycles. The van der Waals surface area contributed by atoms with Crippen molar-refractivity contribution in [2.75, 3.05) is 11.8 Å². The summed E-state index contributed by atoms with van der Waals surface area (Å²) < 4.78 is 44.2. The van der Waals surface area contributed by atoms with Crippen molar-refractivity contribution in [2.45, 2.75) is 13.3 Å². The second-order valence-electron chi connectivity index (χ2n) is 6.65. The summed E-state index contributed by atoms with van der Waals surface area (Å²) in [6.07, 6.45) is 3.47. The topological polar surface area (TPSA) is 102 Å². The molecule has 0 amide bonds. The molecule has 4 rings (SSSR count). The zero-order valence-corrected chi connectivity index (χ0v) is 17.8. The lowest BCUT2D eigenvalue weighted by Crippen LogP contribution is -2.12. The van der Waals surface area contributed by atoms with Gasteiger partial charge >= 0.3 is 11.6 Å². The van der Waals surface area contributed by atoms with Crippen LogP contribution in [0.3, 0.4) is 0 Å². The second kappa shape index (κ2) is 9.28. The number of hydrogen-bond acceptors (Lipinski definition) is 9. The fraction of sp³-hybridized carbons (Fsp3) is 0.143. The normalized spacial score (nSPS) is 11.0. The molecule has 32 heavy (non-hydrogen) atoms. The number of anilines is 1. The molecule has 0 unspecified atom stereocenters. The first-order valence-corrected chi connectivity index (χ1v) is 10.2. The Kier molecular flexibility index (Phi) is 6.28. The van der Waals surface area contributed by atoms with Crippen molar-refractivity contribution in [3.63, 3.8) is 0 Å². The van der Waals surface area contributed by atoms with Gasteiger partial charge in [-0.05, 0) is 43.3 Å². The van der Waals surface area contributed by atoms with E-state index in [-0.39, 0.29) is 18.2 Å². The Bertz CT molecular complexity index is 1330. The Labute approximate surface area is 185 Å². The van der Waals surface area contributed by atoms with Crippen LogP contribution >= 0.6 is 12.1 Å². The predicted octanol–water partition coefficient (Wildman–Crippen LogP) is 4.14. The molecule has 0 atom stereocenters. The standard InChI is InChI=1S/C21H17F2N5O3S/c1-11-15-4-3-14(30-21-26-9-13(22)10-27-21)8-17(15)31-20(29)16(11)7-12-5-6-25-19(18(12)23)28-32-24-2/h3-6,8-10,24H,7H2,1-2H3,(H,25,28). The molecule has 11 heteroatoms. The van der Waals surface area contributed by atoms with E-state index in [1.807, 2.05) is 0 Å². The molecular formula is C21H17F2N5O3S. The molecule has 0 aliphatic heterocycles. The van der Waals surface area contributed by atoms with E-state index in [0.717, 1.165) is 24.5 Å². The lowest BCUT2D eigenvalue weighted by molar-refractivity contribution is 0.435. The number of hydrogen-bond donors (Lipinski definition) is 2. The van der Waals surface area contributed by atoms with Gasteiger partial charge in [0.2, 0.25) is 0 Å². The quantitative estimate of drug-likeness (QED) is 0.313. The Morgan fingerprint density at radius 1 is 1.16 bits per heavy atom. The molecule has 164 valence electrons. The lowest BCUT2D eigenvalue weighted by Gasteiger charge is -2.11. The maximum absolute atomic E-state index is 14.8. The molecule has 2 N–H and O–H groups in total. The average molecular weight is 457 g/mol. The fourth-order valence-corrected chi connectivity index (χ4v) is 3.42. The van der Waals surface area contributed by atoms with Crippen LogP contribution in [0.1, 0.15) is 16.7 Å². The van der Waals surface area contributed by atoms with Gasteiger partial charge in [-0.2, -0.15) is 0 Å². The van der Waals surface area contributed by atoms with Crippen LogP contribution in [0.4, 0.5) is 14.6 Å². The highest BCUT2D eigenvalue weighted by molar-refractivity contribution is 7.98. The van der Waals surface area contributed by atoms with Crippen LogP contribution in [-0.2, 0) is 6.42 Å². The molecule has 0 saturated heterocycles.